The Morgan fingerprint density at radius 3 is 2.31 bits per heavy atom. The van der Waals surface area contributed by atoms with Gasteiger partial charge in [-0.3, -0.25) is 9.59 Å². The second-order valence-electron chi connectivity index (χ2n) is 8.34. The van der Waals surface area contributed by atoms with Crippen molar-refractivity contribution in [2.75, 3.05) is 13.1 Å². The van der Waals surface area contributed by atoms with Crippen molar-refractivity contribution in [1.82, 2.24) is 10.2 Å². The van der Waals surface area contributed by atoms with E-state index in [1.807, 2.05) is 6.07 Å². The van der Waals surface area contributed by atoms with Gasteiger partial charge < -0.3 is 14.6 Å². The number of hydrogen-bond donors (Lipinski definition) is 1. The van der Waals surface area contributed by atoms with Crippen molar-refractivity contribution in [1.29, 1.82) is 0 Å². The molecule has 5 nitrogen and oxygen atoms in total. The summed E-state index contributed by atoms with van der Waals surface area (Å²) in [6.45, 7) is 1.19. The van der Waals surface area contributed by atoms with Crippen molar-refractivity contribution < 1.29 is 14.0 Å². The lowest BCUT2D eigenvalue weighted by molar-refractivity contribution is -0.127. The lowest BCUT2D eigenvalue weighted by Crippen LogP contribution is -2.44. The fraction of sp³-hybridized carbons (Fsp3) is 0.500. The number of carbonyl (C=O) groups excluding carboxylic acids is 2. The summed E-state index contributed by atoms with van der Waals surface area (Å²) < 4.78 is 5.22. The first-order valence-corrected chi connectivity index (χ1v) is 10.9. The highest BCUT2D eigenvalue weighted by molar-refractivity contribution is 5.91. The standard InChI is InChI=1S/C24H30N2O3/c27-23(20-13-15-26(16-14-20)24(28)21-12-7-17-29-21)25-22(18-8-3-1-4-9-18)19-10-5-2-6-11-19/h1,3-4,7-9,12,17,19-20,22H,2,5-6,10-11,13-16H2,(H,25,27). The van der Waals surface area contributed by atoms with Crippen LogP contribution in [0.1, 0.15) is 67.1 Å². The molecule has 1 saturated heterocycles. The third-order valence-corrected chi connectivity index (χ3v) is 6.46. The van der Waals surface area contributed by atoms with E-state index < -0.39 is 0 Å². The van der Waals surface area contributed by atoms with Gasteiger partial charge in [-0.15, -0.1) is 0 Å². The average molecular weight is 395 g/mol. The van der Waals surface area contributed by atoms with Crippen LogP contribution in [0.4, 0.5) is 0 Å². The maximum atomic E-state index is 13.1. The minimum Gasteiger partial charge on any atom is -0.459 e. The van der Waals surface area contributed by atoms with Gasteiger partial charge in [-0.05, 0) is 49.3 Å². The molecule has 154 valence electrons. The number of likely N-dealkylation sites (tertiary alicyclic amines) is 1. The predicted molar refractivity (Wildman–Crippen MR) is 111 cm³/mol. The van der Waals surface area contributed by atoms with E-state index in [0.29, 0.717) is 37.6 Å². The van der Waals surface area contributed by atoms with Crippen LogP contribution < -0.4 is 5.32 Å². The molecule has 1 saturated carbocycles. The molecule has 1 atom stereocenters. The lowest BCUT2D eigenvalue weighted by atomic mass is 9.80. The molecule has 1 N–H and O–H groups in total. The van der Waals surface area contributed by atoms with Crippen LogP contribution >= 0.6 is 0 Å². The number of amides is 2. The quantitative estimate of drug-likeness (QED) is 0.808. The largest absolute Gasteiger partial charge is 0.459 e. The highest BCUT2D eigenvalue weighted by Gasteiger charge is 2.32. The second kappa shape index (κ2) is 9.29. The van der Waals surface area contributed by atoms with Gasteiger partial charge in [0.05, 0.1) is 12.3 Å². The topological polar surface area (TPSA) is 62.6 Å². The van der Waals surface area contributed by atoms with E-state index in [1.165, 1.54) is 43.9 Å². The van der Waals surface area contributed by atoms with Crippen LogP contribution in [-0.2, 0) is 4.79 Å². The average Bonchev–Trinajstić information content (AvgIpc) is 3.33. The van der Waals surface area contributed by atoms with Crippen molar-refractivity contribution in [3.63, 3.8) is 0 Å². The third-order valence-electron chi connectivity index (χ3n) is 6.46. The van der Waals surface area contributed by atoms with E-state index in [2.05, 4.69) is 29.6 Å². The lowest BCUT2D eigenvalue weighted by Gasteiger charge is -2.35. The van der Waals surface area contributed by atoms with Crippen LogP contribution in [0.15, 0.2) is 53.1 Å². The first kappa shape index (κ1) is 19.7. The molecule has 1 aliphatic heterocycles. The number of nitrogens with one attached hydrogen (secondary N) is 1. The Bertz CT molecular complexity index is 789. The van der Waals surface area contributed by atoms with Gasteiger partial charge in [-0.1, -0.05) is 49.6 Å². The summed E-state index contributed by atoms with van der Waals surface area (Å²) in [7, 11) is 0. The Kier molecular flexibility index (Phi) is 6.33. The molecule has 1 aromatic carbocycles. The number of rotatable bonds is 5. The van der Waals surface area contributed by atoms with Crippen LogP contribution in [0.25, 0.3) is 0 Å². The van der Waals surface area contributed by atoms with Crippen molar-refractivity contribution in [2.45, 2.75) is 51.0 Å². The van der Waals surface area contributed by atoms with E-state index in [1.54, 1.807) is 17.0 Å². The van der Waals surface area contributed by atoms with Crippen LogP contribution in [0.3, 0.4) is 0 Å². The molecule has 2 amide bonds. The molecule has 29 heavy (non-hydrogen) atoms. The van der Waals surface area contributed by atoms with Crippen molar-refractivity contribution in [2.24, 2.45) is 11.8 Å². The van der Waals surface area contributed by atoms with Crippen LogP contribution in [0.5, 0.6) is 0 Å². The molecule has 2 aliphatic rings. The Hall–Kier alpha value is -2.56. The molecule has 1 unspecified atom stereocenters. The Morgan fingerprint density at radius 1 is 0.931 bits per heavy atom. The van der Waals surface area contributed by atoms with E-state index in [0.717, 1.165) is 0 Å². The highest BCUT2D eigenvalue weighted by atomic mass is 16.3. The molecular weight excluding hydrogens is 364 g/mol. The van der Waals surface area contributed by atoms with Gasteiger partial charge in [0.2, 0.25) is 5.91 Å². The van der Waals surface area contributed by atoms with Gasteiger partial charge in [0.1, 0.15) is 0 Å². The SMILES string of the molecule is O=C(NC(c1ccccc1)C1CCCCC1)C1CCN(C(=O)c2ccco2)CC1. The number of nitrogens with zero attached hydrogens (tertiary/aromatic N) is 1. The zero-order valence-electron chi connectivity index (χ0n) is 16.9. The molecular formula is C24H30N2O3. The number of furan rings is 1. The van der Waals surface area contributed by atoms with Crippen molar-refractivity contribution in [3.05, 3.63) is 60.1 Å². The molecule has 5 heteroatoms. The molecule has 1 aliphatic carbocycles. The van der Waals surface area contributed by atoms with Crippen molar-refractivity contribution in [3.8, 4) is 0 Å². The van der Waals surface area contributed by atoms with E-state index in [9.17, 15) is 9.59 Å². The fourth-order valence-electron chi connectivity index (χ4n) is 4.77. The van der Waals surface area contributed by atoms with Crippen LogP contribution in [-0.4, -0.2) is 29.8 Å². The first-order valence-electron chi connectivity index (χ1n) is 10.9. The summed E-state index contributed by atoms with van der Waals surface area (Å²) >= 11 is 0. The van der Waals surface area contributed by atoms with Gasteiger partial charge in [0, 0.05) is 19.0 Å². The maximum absolute atomic E-state index is 13.1. The summed E-state index contributed by atoms with van der Waals surface area (Å²) in [5.74, 6) is 0.892. The zero-order chi connectivity index (χ0) is 20.1. The number of benzene rings is 1. The molecule has 2 fully saturated rings. The molecule has 0 spiro atoms. The Balaban J connectivity index is 1.37. The van der Waals surface area contributed by atoms with Gasteiger partial charge in [-0.2, -0.15) is 0 Å². The van der Waals surface area contributed by atoms with Gasteiger partial charge in [-0.25, -0.2) is 0 Å². The summed E-state index contributed by atoms with van der Waals surface area (Å²) in [6.07, 6.45) is 9.06. The Labute approximate surface area is 172 Å². The summed E-state index contributed by atoms with van der Waals surface area (Å²) in [5.41, 5.74) is 1.21. The molecule has 0 bridgehead atoms. The minimum atomic E-state index is -0.0850. The second-order valence-corrected chi connectivity index (χ2v) is 8.34. The maximum Gasteiger partial charge on any atom is 0.289 e. The summed E-state index contributed by atoms with van der Waals surface area (Å²) in [4.78, 5) is 27.3. The number of piperidine rings is 1. The predicted octanol–water partition coefficient (Wildman–Crippen LogP) is 4.57. The number of carbonyl (C=O) groups is 2. The van der Waals surface area contributed by atoms with Gasteiger partial charge in [0.15, 0.2) is 5.76 Å². The van der Waals surface area contributed by atoms with Gasteiger partial charge >= 0.3 is 0 Å². The summed E-state index contributed by atoms with van der Waals surface area (Å²) in [6, 6.07) is 13.9. The monoisotopic (exact) mass is 394 g/mol. The number of hydrogen-bond acceptors (Lipinski definition) is 3. The Morgan fingerprint density at radius 2 is 1.66 bits per heavy atom. The molecule has 2 heterocycles. The molecule has 4 rings (SSSR count). The minimum absolute atomic E-state index is 0.0366. The summed E-state index contributed by atoms with van der Waals surface area (Å²) in [5, 5.41) is 3.38. The first-order chi connectivity index (χ1) is 14.2. The van der Waals surface area contributed by atoms with Crippen molar-refractivity contribution >= 4 is 11.8 Å². The van der Waals surface area contributed by atoms with Crippen LogP contribution in [0, 0.1) is 11.8 Å². The van der Waals surface area contributed by atoms with Gasteiger partial charge in [0.25, 0.3) is 5.91 Å². The van der Waals surface area contributed by atoms with E-state index >= 15 is 0 Å². The highest BCUT2D eigenvalue weighted by Crippen LogP contribution is 2.35. The normalized spacial score (nSPS) is 19.7. The molecule has 1 aromatic heterocycles. The fourth-order valence-corrected chi connectivity index (χ4v) is 4.77. The smallest absolute Gasteiger partial charge is 0.289 e. The molecule has 0 radical (unpaired) electrons. The molecule has 2 aromatic rings. The van der Waals surface area contributed by atoms with Crippen LogP contribution in [0.2, 0.25) is 0 Å². The zero-order valence-corrected chi connectivity index (χ0v) is 16.9. The van der Waals surface area contributed by atoms with E-state index in [-0.39, 0.29) is 23.8 Å². The van der Waals surface area contributed by atoms with E-state index in [4.69, 9.17) is 4.42 Å². The third kappa shape index (κ3) is 4.72.